The van der Waals surface area contributed by atoms with Crippen LogP contribution in [0.25, 0.3) is 0 Å². The average Bonchev–Trinajstić information content (AvgIpc) is 2.62. The molecule has 0 radical (unpaired) electrons. The molecule has 6 nitrogen and oxygen atoms in total. The van der Waals surface area contributed by atoms with E-state index in [1.54, 1.807) is 6.92 Å². The molecule has 1 fully saturated rings. The number of piperidine rings is 1. The molecule has 1 aliphatic heterocycles. The summed E-state index contributed by atoms with van der Waals surface area (Å²) in [6.45, 7) is 6.44. The fourth-order valence-corrected chi connectivity index (χ4v) is 3.88. The molecular weight excluding hydrogens is 346 g/mol. The molecule has 0 aliphatic carbocycles. The van der Waals surface area contributed by atoms with Gasteiger partial charge in [0.2, 0.25) is 0 Å². The molecule has 1 aromatic carbocycles. The van der Waals surface area contributed by atoms with Gasteiger partial charge in [-0.1, -0.05) is 44.2 Å². The molecule has 1 saturated heterocycles. The molecule has 2 atom stereocenters. The highest BCUT2D eigenvalue weighted by Crippen LogP contribution is 2.35. The van der Waals surface area contributed by atoms with Crippen LogP contribution in [-0.4, -0.2) is 47.0 Å². The van der Waals surface area contributed by atoms with Gasteiger partial charge in [0.05, 0.1) is 6.61 Å². The predicted molar refractivity (Wildman–Crippen MR) is 102 cm³/mol. The minimum atomic E-state index is -0.958. The van der Waals surface area contributed by atoms with Crippen molar-refractivity contribution in [1.82, 2.24) is 4.90 Å². The fraction of sp³-hybridized carbons (Fsp3) is 0.571. The molecule has 27 heavy (non-hydrogen) atoms. The number of amides is 1. The van der Waals surface area contributed by atoms with Crippen LogP contribution in [-0.2, 0) is 19.7 Å². The SMILES string of the molecule is CCOC(=O)CC(=O)[C@@H]1CCN(C(=O)O)[C@@H](CC(C)(C)c2ccccc2)C1. The first-order valence-corrected chi connectivity index (χ1v) is 9.48. The third-order valence-corrected chi connectivity index (χ3v) is 5.34. The molecule has 6 heteroatoms. The van der Waals surface area contributed by atoms with Gasteiger partial charge in [0.1, 0.15) is 12.2 Å². The molecule has 0 aromatic heterocycles. The van der Waals surface area contributed by atoms with Crippen LogP contribution in [0.5, 0.6) is 0 Å². The molecular formula is C21H29NO5. The first-order chi connectivity index (χ1) is 12.7. The number of nitrogens with zero attached hydrogens (tertiary/aromatic N) is 1. The number of benzene rings is 1. The molecule has 0 bridgehead atoms. The molecule has 2 rings (SSSR count). The Morgan fingerprint density at radius 1 is 1.22 bits per heavy atom. The van der Waals surface area contributed by atoms with Gasteiger partial charge in [0, 0.05) is 18.5 Å². The fourth-order valence-electron chi connectivity index (χ4n) is 3.88. The van der Waals surface area contributed by atoms with Gasteiger partial charge >= 0.3 is 12.1 Å². The minimum Gasteiger partial charge on any atom is -0.466 e. The van der Waals surface area contributed by atoms with Crippen LogP contribution >= 0.6 is 0 Å². The van der Waals surface area contributed by atoms with Gasteiger partial charge in [0.25, 0.3) is 0 Å². The van der Waals surface area contributed by atoms with E-state index in [4.69, 9.17) is 4.74 Å². The number of ketones is 1. The average molecular weight is 375 g/mol. The van der Waals surface area contributed by atoms with Crippen molar-refractivity contribution in [3.63, 3.8) is 0 Å². The standard InChI is InChI=1S/C21H29NO5/c1-4-27-19(24)13-18(23)15-10-11-22(20(25)26)17(12-15)14-21(2,3)16-8-6-5-7-9-16/h5-9,15,17H,4,10-14H2,1-3H3,(H,25,26)/t15-,17-/m1/s1. The second-order valence-corrected chi connectivity index (χ2v) is 7.75. The summed E-state index contributed by atoms with van der Waals surface area (Å²) in [5.74, 6) is -0.966. The third-order valence-electron chi connectivity index (χ3n) is 5.34. The summed E-state index contributed by atoms with van der Waals surface area (Å²) in [5.41, 5.74) is 0.904. The molecule has 1 N–H and O–H groups in total. The highest BCUT2D eigenvalue weighted by Gasteiger charge is 2.38. The van der Waals surface area contributed by atoms with Crippen molar-refractivity contribution in [1.29, 1.82) is 0 Å². The van der Waals surface area contributed by atoms with Crippen LogP contribution in [0.4, 0.5) is 4.79 Å². The maximum atomic E-state index is 12.5. The highest BCUT2D eigenvalue weighted by molar-refractivity contribution is 5.96. The number of carboxylic acid groups (broad SMARTS) is 1. The third kappa shape index (κ3) is 5.55. The van der Waals surface area contributed by atoms with E-state index in [1.807, 2.05) is 30.3 Å². The van der Waals surface area contributed by atoms with Crippen molar-refractivity contribution in [2.75, 3.05) is 13.2 Å². The summed E-state index contributed by atoms with van der Waals surface area (Å²) >= 11 is 0. The summed E-state index contributed by atoms with van der Waals surface area (Å²) in [6.07, 6.45) is 0.320. The number of hydrogen-bond donors (Lipinski definition) is 1. The van der Waals surface area contributed by atoms with E-state index in [-0.39, 0.29) is 36.2 Å². The van der Waals surface area contributed by atoms with Crippen LogP contribution in [0.2, 0.25) is 0 Å². The summed E-state index contributed by atoms with van der Waals surface area (Å²) in [6, 6.07) is 9.71. The maximum absolute atomic E-state index is 12.5. The lowest BCUT2D eigenvalue weighted by atomic mass is 9.75. The smallest absolute Gasteiger partial charge is 0.407 e. The second kappa shape index (κ2) is 9.02. The van der Waals surface area contributed by atoms with Crippen LogP contribution in [0.3, 0.4) is 0 Å². The number of likely N-dealkylation sites (tertiary alicyclic amines) is 1. The van der Waals surface area contributed by atoms with Gasteiger partial charge in [-0.2, -0.15) is 0 Å². The van der Waals surface area contributed by atoms with Gasteiger partial charge in [-0.25, -0.2) is 4.79 Å². The summed E-state index contributed by atoms with van der Waals surface area (Å²) in [5, 5.41) is 9.58. The Balaban J connectivity index is 2.11. The Morgan fingerprint density at radius 3 is 2.48 bits per heavy atom. The van der Waals surface area contributed by atoms with E-state index in [0.717, 1.165) is 5.56 Å². The number of hydrogen-bond acceptors (Lipinski definition) is 4. The molecule has 148 valence electrons. The van der Waals surface area contributed by atoms with Crippen molar-refractivity contribution in [3.05, 3.63) is 35.9 Å². The monoisotopic (exact) mass is 375 g/mol. The molecule has 0 saturated carbocycles. The highest BCUT2D eigenvalue weighted by atomic mass is 16.5. The van der Waals surface area contributed by atoms with E-state index >= 15 is 0 Å². The van der Waals surface area contributed by atoms with Gasteiger partial charge in [0.15, 0.2) is 0 Å². The Labute approximate surface area is 160 Å². The van der Waals surface area contributed by atoms with Gasteiger partial charge in [-0.05, 0) is 37.2 Å². The maximum Gasteiger partial charge on any atom is 0.407 e. The number of esters is 1. The molecule has 1 amide bonds. The Hall–Kier alpha value is -2.37. The van der Waals surface area contributed by atoms with E-state index in [1.165, 1.54) is 4.90 Å². The zero-order chi connectivity index (χ0) is 20.0. The number of ether oxygens (including phenoxy) is 1. The van der Waals surface area contributed by atoms with E-state index < -0.39 is 12.1 Å². The van der Waals surface area contributed by atoms with Crippen molar-refractivity contribution in [3.8, 4) is 0 Å². The number of carbonyl (C=O) groups excluding carboxylic acids is 2. The summed E-state index contributed by atoms with van der Waals surface area (Å²) < 4.78 is 4.86. The summed E-state index contributed by atoms with van der Waals surface area (Å²) in [4.78, 5) is 37.2. The number of Topliss-reactive ketones (excluding diaryl/α,β-unsaturated/α-hetero) is 1. The first kappa shape index (κ1) is 20.9. The van der Waals surface area contributed by atoms with Crippen LogP contribution < -0.4 is 0 Å². The zero-order valence-electron chi connectivity index (χ0n) is 16.3. The number of carbonyl (C=O) groups is 3. The van der Waals surface area contributed by atoms with E-state index in [9.17, 15) is 19.5 Å². The van der Waals surface area contributed by atoms with Crippen molar-refractivity contribution in [2.24, 2.45) is 5.92 Å². The van der Waals surface area contributed by atoms with E-state index in [0.29, 0.717) is 25.8 Å². The topological polar surface area (TPSA) is 83.9 Å². The van der Waals surface area contributed by atoms with Gasteiger partial charge in [-0.15, -0.1) is 0 Å². The Kier molecular flexibility index (Phi) is 6.99. The van der Waals surface area contributed by atoms with Crippen molar-refractivity contribution in [2.45, 2.75) is 57.9 Å². The molecule has 0 unspecified atom stereocenters. The van der Waals surface area contributed by atoms with Crippen molar-refractivity contribution < 1.29 is 24.2 Å². The quantitative estimate of drug-likeness (QED) is 0.581. The van der Waals surface area contributed by atoms with Crippen LogP contribution in [0.1, 0.15) is 52.0 Å². The number of rotatable bonds is 7. The molecule has 0 spiro atoms. The predicted octanol–water partition coefficient (Wildman–Crippen LogP) is 3.64. The lowest BCUT2D eigenvalue weighted by Crippen LogP contribution is -2.49. The normalized spacial score (nSPS) is 20.2. The lowest BCUT2D eigenvalue weighted by molar-refractivity contribution is -0.146. The molecule has 1 aliphatic rings. The second-order valence-electron chi connectivity index (χ2n) is 7.75. The Bertz CT molecular complexity index is 670. The first-order valence-electron chi connectivity index (χ1n) is 9.48. The van der Waals surface area contributed by atoms with Crippen LogP contribution in [0, 0.1) is 5.92 Å². The lowest BCUT2D eigenvalue weighted by Gasteiger charge is -2.41. The van der Waals surface area contributed by atoms with Gasteiger partial charge < -0.3 is 14.7 Å². The molecule has 1 aromatic rings. The molecule has 1 heterocycles. The van der Waals surface area contributed by atoms with Crippen molar-refractivity contribution >= 4 is 17.8 Å². The minimum absolute atomic E-state index is 0.152. The largest absolute Gasteiger partial charge is 0.466 e. The van der Waals surface area contributed by atoms with Crippen LogP contribution in [0.15, 0.2) is 30.3 Å². The zero-order valence-corrected chi connectivity index (χ0v) is 16.3. The summed E-state index contributed by atoms with van der Waals surface area (Å²) in [7, 11) is 0. The van der Waals surface area contributed by atoms with E-state index in [2.05, 4.69) is 13.8 Å². The van der Waals surface area contributed by atoms with Gasteiger partial charge in [-0.3, -0.25) is 9.59 Å². The Morgan fingerprint density at radius 2 is 1.89 bits per heavy atom.